The minimum Gasteiger partial charge on any atom is -0.455 e. The van der Waals surface area contributed by atoms with Crippen LogP contribution < -0.4 is 0 Å². The molecule has 3 aromatic rings. The lowest BCUT2D eigenvalue weighted by Gasteiger charge is -2.03. The summed E-state index contributed by atoms with van der Waals surface area (Å²) in [7, 11) is 0. The number of hydrogen-bond donors (Lipinski definition) is 0. The van der Waals surface area contributed by atoms with Crippen molar-refractivity contribution in [3.63, 3.8) is 0 Å². The third-order valence-electron chi connectivity index (χ3n) is 3.13. The Morgan fingerprint density at radius 1 is 1.12 bits per heavy atom. The highest BCUT2D eigenvalue weighted by molar-refractivity contribution is 7.99. The van der Waals surface area contributed by atoms with Gasteiger partial charge in [-0.15, -0.1) is 10.2 Å². The minimum absolute atomic E-state index is 0.0626. The van der Waals surface area contributed by atoms with Crippen LogP contribution in [0.2, 0.25) is 0 Å². The van der Waals surface area contributed by atoms with E-state index in [9.17, 15) is 4.79 Å². The lowest BCUT2D eigenvalue weighted by Crippen LogP contribution is -2.08. The Kier molecular flexibility index (Phi) is 5.39. The first kappa shape index (κ1) is 17.1. The van der Waals surface area contributed by atoms with Gasteiger partial charge in [-0.1, -0.05) is 30.0 Å². The number of nitrogens with zero attached hydrogens (tertiary/aromatic N) is 4. The van der Waals surface area contributed by atoms with Crippen LogP contribution in [0.5, 0.6) is 0 Å². The van der Waals surface area contributed by atoms with Gasteiger partial charge in [-0.3, -0.25) is 4.79 Å². The van der Waals surface area contributed by atoms with Crippen molar-refractivity contribution in [2.45, 2.75) is 25.6 Å². The number of aryl methyl sites for hydroxylation is 2. The summed E-state index contributed by atoms with van der Waals surface area (Å²) in [5.41, 5.74) is 2.54. The molecule has 0 saturated heterocycles. The van der Waals surface area contributed by atoms with Crippen molar-refractivity contribution >= 4 is 17.7 Å². The number of ether oxygens (including phenoxy) is 1. The van der Waals surface area contributed by atoms with E-state index in [0.717, 1.165) is 17.0 Å². The molecule has 0 amide bonds. The Morgan fingerprint density at radius 3 is 2.56 bits per heavy atom. The second kappa shape index (κ2) is 7.89. The molecule has 0 radical (unpaired) electrons. The SMILES string of the molecule is Cc1cc(C)nc(SCC(=O)OCc2nnc(-c3ccccc3)o2)n1. The molecule has 3 rings (SSSR count). The summed E-state index contributed by atoms with van der Waals surface area (Å²) in [6.07, 6.45) is 0. The Hall–Kier alpha value is -2.74. The fraction of sp³-hybridized carbons (Fsp3) is 0.235. The molecule has 2 aromatic heterocycles. The number of esters is 1. The Bertz CT molecular complexity index is 847. The number of hydrogen-bond acceptors (Lipinski definition) is 8. The highest BCUT2D eigenvalue weighted by Gasteiger charge is 2.12. The van der Waals surface area contributed by atoms with Gasteiger partial charge in [0.15, 0.2) is 11.8 Å². The van der Waals surface area contributed by atoms with Gasteiger partial charge >= 0.3 is 5.97 Å². The van der Waals surface area contributed by atoms with E-state index in [2.05, 4.69) is 20.2 Å². The molecule has 0 unspecified atom stereocenters. The second-order valence-corrected chi connectivity index (χ2v) is 6.19. The van der Waals surface area contributed by atoms with Crippen LogP contribution in [0.4, 0.5) is 0 Å². The summed E-state index contributed by atoms with van der Waals surface area (Å²) in [5.74, 6) is 0.361. The first-order valence-corrected chi connectivity index (χ1v) is 8.57. The zero-order valence-corrected chi connectivity index (χ0v) is 14.6. The summed E-state index contributed by atoms with van der Waals surface area (Å²) >= 11 is 1.23. The van der Waals surface area contributed by atoms with Crippen LogP contribution in [0.25, 0.3) is 11.5 Å². The lowest BCUT2D eigenvalue weighted by atomic mass is 10.2. The van der Waals surface area contributed by atoms with Gasteiger partial charge in [-0.25, -0.2) is 9.97 Å². The zero-order chi connectivity index (χ0) is 17.6. The first-order valence-electron chi connectivity index (χ1n) is 7.58. The van der Waals surface area contributed by atoms with Gasteiger partial charge in [-0.05, 0) is 32.0 Å². The van der Waals surface area contributed by atoms with E-state index in [-0.39, 0.29) is 18.3 Å². The van der Waals surface area contributed by atoms with Crippen molar-refractivity contribution in [3.05, 3.63) is 53.7 Å². The maximum atomic E-state index is 11.8. The van der Waals surface area contributed by atoms with Crippen LogP contribution in [0.1, 0.15) is 17.3 Å². The fourth-order valence-electron chi connectivity index (χ4n) is 2.07. The molecule has 0 fully saturated rings. The molecule has 7 nitrogen and oxygen atoms in total. The number of aromatic nitrogens is 4. The maximum absolute atomic E-state index is 11.8. The third kappa shape index (κ3) is 4.87. The molecule has 0 atom stereocenters. The van der Waals surface area contributed by atoms with E-state index < -0.39 is 5.97 Å². The molecule has 128 valence electrons. The fourth-order valence-corrected chi connectivity index (χ4v) is 2.82. The van der Waals surface area contributed by atoms with Crippen LogP contribution in [0.15, 0.2) is 46.0 Å². The standard InChI is InChI=1S/C17H16N4O3S/c1-11-8-12(2)19-17(18-11)25-10-15(22)23-9-14-20-21-16(24-14)13-6-4-3-5-7-13/h3-8H,9-10H2,1-2H3. The normalized spacial score (nSPS) is 10.6. The average molecular weight is 356 g/mol. The van der Waals surface area contributed by atoms with Crippen LogP contribution in [0, 0.1) is 13.8 Å². The van der Waals surface area contributed by atoms with Gasteiger partial charge in [0.25, 0.3) is 5.89 Å². The highest BCUT2D eigenvalue weighted by atomic mass is 32.2. The van der Waals surface area contributed by atoms with Crippen molar-refractivity contribution < 1.29 is 13.9 Å². The summed E-state index contributed by atoms with van der Waals surface area (Å²) in [5, 5.41) is 8.38. The van der Waals surface area contributed by atoms with Crippen LogP contribution in [0.3, 0.4) is 0 Å². The van der Waals surface area contributed by atoms with E-state index in [1.165, 1.54) is 11.8 Å². The summed E-state index contributed by atoms with van der Waals surface area (Å²) in [6, 6.07) is 11.3. The molecule has 0 aliphatic rings. The number of carbonyl (C=O) groups excluding carboxylic acids is 1. The first-order chi connectivity index (χ1) is 12.1. The number of carbonyl (C=O) groups is 1. The quantitative estimate of drug-likeness (QED) is 0.378. The molecule has 0 aliphatic heterocycles. The molecule has 25 heavy (non-hydrogen) atoms. The second-order valence-electron chi connectivity index (χ2n) is 5.25. The third-order valence-corrected chi connectivity index (χ3v) is 3.95. The maximum Gasteiger partial charge on any atom is 0.316 e. The highest BCUT2D eigenvalue weighted by Crippen LogP contribution is 2.18. The van der Waals surface area contributed by atoms with Gasteiger partial charge in [-0.2, -0.15) is 0 Å². The summed E-state index contributed by atoms with van der Waals surface area (Å²) < 4.78 is 10.6. The van der Waals surface area contributed by atoms with Gasteiger partial charge in [0.1, 0.15) is 0 Å². The van der Waals surface area contributed by atoms with Crippen LogP contribution in [-0.4, -0.2) is 31.9 Å². The smallest absolute Gasteiger partial charge is 0.316 e. The predicted octanol–water partition coefficient (Wildman–Crippen LogP) is 2.98. The van der Waals surface area contributed by atoms with Crippen LogP contribution in [-0.2, 0) is 16.1 Å². The van der Waals surface area contributed by atoms with Crippen molar-refractivity contribution in [3.8, 4) is 11.5 Å². The average Bonchev–Trinajstić information content (AvgIpc) is 3.07. The summed E-state index contributed by atoms with van der Waals surface area (Å²) in [4.78, 5) is 20.4. The molecule has 0 aliphatic carbocycles. The monoisotopic (exact) mass is 356 g/mol. The van der Waals surface area contributed by atoms with E-state index in [1.54, 1.807) is 0 Å². The zero-order valence-electron chi connectivity index (χ0n) is 13.8. The Morgan fingerprint density at radius 2 is 1.84 bits per heavy atom. The van der Waals surface area contributed by atoms with E-state index >= 15 is 0 Å². The van der Waals surface area contributed by atoms with Gasteiger partial charge in [0.05, 0.1) is 5.75 Å². The molecule has 0 saturated carbocycles. The van der Waals surface area contributed by atoms with Gasteiger partial charge < -0.3 is 9.15 Å². The largest absolute Gasteiger partial charge is 0.455 e. The molecule has 0 spiro atoms. The van der Waals surface area contributed by atoms with Crippen molar-refractivity contribution in [2.24, 2.45) is 0 Å². The van der Waals surface area contributed by atoms with E-state index in [4.69, 9.17) is 9.15 Å². The molecular weight excluding hydrogens is 340 g/mol. The predicted molar refractivity (Wildman–Crippen MR) is 91.8 cm³/mol. The van der Waals surface area contributed by atoms with Crippen LogP contribution >= 0.6 is 11.8 Å². The Balaban J connectivity index is 1.50. The topological polar surface area (TPSA) is 91.0 Å². The Labute approximate surface area is 148 Å². The van der Waals surface area contributed by atoms with Crippen molar-refractivity contribution in [2.75, 3.05) is 5.75 Å². The van der Waals surface area contributed by atoms with Gasteiger partial charge in [0, 0.05) is 17.0 Å². The molecule has 2 heterocycles. The van der Waals surface area contributed by atoms with Crippen molar-refractivity contribution in [1.82, 2.24) is 20.2 Å². The molecular formula is C17H16N4O3S. The molecule has 0 bridgehead atoms. The molecule has 8 heteroatoms. The van der Waals surface area contributed by atoms with E-state index in [0.29, 0.717) is 11.0 Å². The molecule has 0 N–H and O–H groups in total. The summed E-state index contributed by atoms with van der Waals surface area (Å²) in [6.45, 7) is 3.71. The van der Waals surface area contributed by atoms with Gasteiger partial charge in [0.2, 0.25) is 5.89 Å². The number of benzene rings is 1. The molecule has 1 aromatic carbocycles. The van der Waals surface area contributed by atoms with Crippen molar-refractivity contribution in [1.29, 1.82) is 0 Å². The minimum atomic E-state index is -0.396. The van der Waals surface area contributed by atoms with E-state index in [1.807, 2.05) is 50.2 Å². The number of rotatable bonds is 6. The lowest BCUT2D eigenvalue weighted by molar-refractivity contribution is -0.142. The number of thioether (sulfide) groups is 1.